The third kappa shape index (κ3) is 9.06. The van der Waals surface area contributed by atoms with Gasteiger partial charge in [0.05, 0.1) is 49.2 Å². The van der Waals surface area contributed by atoms with Crippen LogP contribution in [0.5, 0.6) is 0 Å². The Bertz CT molecular complexity index is 2550. The van der Waals surface area contributed by atoms with Crippen molar-refractivity contribution < 1.29 is 28.7 Å². The first-order valence-corrected chi connectivity index (χ1v) is 22.5. The number of piperidine rings is 1. The van der Waals surface area contributed by atoms with Gasteiger partial charge >= 0.3 is 12.2 Å². The number of aromatic amines is 2. The third-order valence-electron chi connectivity index (χ3n) is 12.8. The van der Waals surface area contributed by atoms with Gasteiger partial charge in [-0.3, -0.25) is 14.9 Å². The highest BCUT2D eigenvalue weighted by Crippen LogP contribution is 2.40. The summed E-state index contributed by atoms with van der Waals surface area (Å²) in [6, 6.07) is 20.3. The van der Waals surface area contributed by atoms with Crippen molar-refractivity contribution in [3.05, 3.63) is 89.8 Å². The van der Waals surface area contributed by atoms with Gasteiger partial charge in [0.2, 0.25) is 5.91 Å². The van der Waals surface area contributed by atoms with E-state index in [2.05, 4.69) is 80.1 Å². The molecule has 336 valence electrons. The Balaban J connectivity index is 1.11. The molecule has 0 saturated carbocycles. The molecular weight excluding hydrogens is 811 g/mol. The number of nitrogens with one attached hydrogen (secondary N) is 4. The molecule has 0 aliphatic carbocycles. The lowest BCUT2D eigenvalue weighted by molar-refractivity contribution is -0.135. The minimum absolute atomic E-state index is 0.129. The summed E-state index contributed by atoms with van der Waals surface area (Å²) in [4.78, 5) is 74.9. The molecule has 4 amide bonds. The summed E-state index contributed by atoms with van der Waals surface area (Å²) < 4.78 is 9.61. The van der Waals surface area contributed by atoms with E-state index < -0.39 is 18.2 Å². The predicted molar refractivity (Wildman–Crippen MR) is 246 cm³/mol. The number of benzene rings is 3. The van der Waals surface area contributed by atoms with Crippen LogP contribution in [0.15, 0.2) is 78.1 Å². The van der Waals surface area contributed by atoms with Crippen molar-refractivity contribution in [1.82, 2.24) is 40.4 Å². The fourth-order valence-electron chi connectivity index (χ4n) is 9.39. The van der Waals surface area contributed by atoms with Crippen molar-refractivity contribution in [3.8, 4) is 33.5 Å². The molecule has 3 atom stereocenters. The van der Waals surface area contributed by atoms with E-state index in [1.54, 1.807) is 18.7 Å². The number of hydrogen-bond donors (Lipinski definition) is 4. The van der Waals surface area contributed by atoms with E-state index in [1.165, 1.54) is 39.2 Å². The zero-order valence-corrected chi connectivity index (χ0v) is 37.6. The highest BCUT2D eigenvalue weighted by atomic mass is 16.5. The summed E-state index contributed by atoms with van der Waals surface area (Å²) in [6.07, 6.45) is 7.30. The summed E-state index contributed by atoms with van der Waals surface area (Å²) in [5.74, 6) is 0.858. The summed E-state index contributed by atoms with van der Waals surface area (Å²) in [5.41, 5.74) is 9.72. The largest absolute Gasteiger partial charge is 0.453 e. The van der Waals surface area contributed by atoms with Gasteiger partial charge in [-0.15, -0.1) is 0 Å². The van der Waals surface area contributed by atoms with Gasteiger partial charge in [0, 0.05) is 37.4 Å². The molecule has 0 unspecified atom stereocenters. The van der Waals surface area contributed by atoms with Crippen molar-refractivity contribution in [3.63, 3.8) is 0 Å². The van der Waals surface area contributed by atoms with E-state index in [0.717, 1.165) is 89.1 Å². The molecule has 2 aromatic heterocycles. The highest BCUT2D eigenvalue weighted by molar-refractivity contribution is 5.97. The molecule has 15 nitrogen and oxygen atoms in total. The second-order valence-corrected chi connectivity index (χ2v) is 17.6. The summed E-state index contributed by atoms with van der Waals surface area (Å²) in [6.45, 7) is 10.6. The minimum atomic E-state index is -0.716. The maximum absolute atomic E-state index is 13.9. The Morgan fingerprint density at radius 1 is 0.719 bits per heavy atom. The SMILES string of the molecule is COC(=O)NC(C(=O)N1CCC[C@H]1c1ncc(-c2ccc(-c3ccc4nc([C@@H]5CCCN5C(=O)[C@@H](NC(=O)OC)C(C)C)[nH]c4c3)c(-c3ccc(N4CCCCC4)cc3)c2)[nH]1)=C(C)C. The topological polar surface area (TPSA) is 178 Å². The van der Waals surface area contributed by atoms with Crippen LogP contribution in [0.4, 0.5) is 15.3 Å². The number of carbonyl (C=O) groups excluding carboxylic acids is 4. The lowest BCUT2D eigenvalue weighted by Gasteiger charge is -2.29. The molecule has 4 N–H and O–H groups in total. The number of hydrogen-bond acceptors (Lipinski definition) is 9. The predicted octanol–water partition coefficient (Wildman–Crippen LogP) is 8.63. The number of fused-ring (bicyclic) bond motifs is 1. The highest BCUT2D eigenvalue weighted by Gasteiger charge is 2.38. The second kappa shape index (κ2) is 19.0. The molecule has 64 heavy (non-hydrogen) atoms. The Morgan fingerprint density at radius 3 is 2.08 bits per heavy atom. The van der Waals surface area contributed by atoms with Crippen LogP contribution in [0, 0.1) is 5.92 Å². The molecule has 5 heterocycles. The number of alkyl carbamates (subject to hydrolysis) is 2. The normalized spacial score (nSPS) is 18.0. The van der Waals surface area contributed by atoms with Crippen LogP contribution in [0.3, 0.4) is 0 Å². The van der Waals surface area contributed by atoms with Crippen LogP contribution < -0.4 is 15.5 Å². The van der Waals surface area contributed by atoms with Crippen molar-refractivity contribution in [2.75, 3.05) is 45.3 Å². The van der Waals surface area contributed by atoms with Crippen molar-refractivity contribution in [2.24, 2.45) is 5.92 Å². The van der Waals surface area contributed by atoms with Gasteiger partial charge in [0.25, 0.3) is 5.91 Å². The first-order valence-electron chi connectivity index (χ1n) is 22.5. The molecule has 3 aliphatic heterocycles. The number of allylic oxidation sites excluding steroid dienone is 1. The van der Waals surface area contributed by atoms with Gasteiger partial charge in [0.15, 0.2) is 0 Å². The van der Waals surface area contributed by atoms with E-state index in [9.17, 15) is 19.2 Å². The lowest BCUT2D eigenvalue weighted by Crippen LogP contribution is -2.51. The molecule has 3 saturated heterocycles. The molecule has 5 aromatic rings. The van der Waals surface area contributed by atoms with Gasteiger partial charge in [-0.2, -0.15) is 0 Å². The number of ether oxygens (including phenoxy) is 2. The molecule has 3 aromatic carbocycles. The number of rotatable bonds is 11. The first-order chi connectivity index (χ1) is 30.9. The summed E-state index contributed by atoms with van der Waals surface area (Å²) in [7, 11) is 2.57. The molecule has 0 bridgehead atoms. The zero-order valence-electron chi connectivity index (χ0n) is 37.6. The maximum Gasteiger partial charge on any atom is 0.411 e. The number of H-pyrrole nitrogens is 2. The van der Waals surface area contributed by atoms with Gasteiger partial charge in [-0.1, -0.05) is 44.2 Å². The van der Waals surface area contributed by atoms with E-state index in [-0.39, 0.29) is 35.5 Å². The van der Waals surface area contributed by atoms with Crippen molar-refractivity contribution in [1.29, 1.82) is 0 Å². The van der Waals surface area contributed by atoms with E-state index >= 15 is 0 Å². The average molecular weight is 870 g/mol. The molecule has 0 spiro atoms. The van der Waals surface area contributed by atoms with E-state index in [4.69, 9.17) is 19.4 Å². The number of nitrogens with zero attached hydrogens (tertiary/aromatic N) is 5. The number of carbonyl (C=O) groups is 4. The maximum atomic E-state index is 13.9. The monoisotopic (exact) mass is 869 g/mol. The molecular formula is C49H59N9O6. The van der Waals surface area contributed by atoms with Gasteiger partial charge in [-0.25, -0.2) is 19.6 Å². The Morgan fingerprint density at radius 2 is 1.39 bits per heavy atom. The Hall–Kier alpha value is -6.64. The second-order valence-electron chi connectivity index (χ2n) is 17.6. The smallest absolute Gasteiger partial charge is 0.411 e. The minimum Gasteiger partial charge on any atom is -0.453 e. The molecule has 3 aliphatic rings. The van der Waals surface area contributed by atoms with Crippen LogP contribution in [-0.4, -0.2) is 100 Å². The number of aromatic nitrogens is 4. The van der Waals surface area contributed by atoms with Crippen LogP contribution >= 0.6 is 0 Å². The van der Waals surface area contributed by atoms with Crippen LogP contribution in [0.1, 0.15) is 96.4 Å². The standard InChI is InChI=1S/C49H59N9O6/c1-29(2)42(54-48(61)63-5)46(59)57-24-10-12-40(57)44-50-28-39(53-44)33-16-20-35(36(26-33)31-14-18-34(19-15-31)56-22-8-7-9-23-56)32-17-21-37-38(27-32)52-45(51-37)41-13-11-25-58(41)47(60)43(30(3)4)55-49(62)64-6/h14-21,26-28,30,40-41,43H,7-13,22-25H2,1-6H3,(H,50,53)(H,51,52)(H,54,61)(H,55,62)/t40-,41-,43-/m0/s1. The van der Waals surface area contributed by atoms with Crippen LogP contribution in [0.2, 0.25) is 0 Å². The summed E-state index contributed by atoms with van der Waals surface area (Å²) >= 11 is 0. The van der Waals surface area contributed by atoms with E-state index in [1.807, 2.05) is 31.0 Å². The van der Waals surface area contributed by atoms with Gasteiger partial charge in [0.1, 0.15) is 23.4 Å². The first kappa shape index (κ1) is 44.0. The Kier molecular flexibility index (Phi) is 13.1. The number of anilines is 1. The quantitative estimate of drug-likeness (QED) is 0.0947. The number of imidazole rings is 2. The third-order valence-corrected chi connectivity index (χ3v) is 12.8. The van der Waals surface area contributed by atoms with Gasteiger partial charge in [-0.05, 0) is 123 Å². The van der Waals surface area contributed by atoms with Crippen molar-refractivity contribution in [2.45, 2.75) is 90.8 Å². The van der Waals surface area contributed by atoms with Gasteiger partial charge < -0.3 is 39.5 Å². The molecule has 8 rings (SSSR count). The Labute approximate surface area is 374 Å². The molecule has 15 heteroatoms. The number of methoxy groups -OCH3 is 2. The summed E-state index contributed by atoms with van der Waals surface area (Å²) in [5, 5.41) is 5.34. The zero-order chi connectivity index (χ0) is 45.1. The van der Waals surface area contributed by atoms with Crippen LogP contribution in [0.25, 0.3) is 44.5 Å². The van der Waals surface area contributed by atoms with Crippen LogP contribution in [-0.2, 0) is 19.1 Å². The molecule has 3 fully saturated rings. The number of likely N-dealkylation sites (tertiary alicyclic amines) is 2. The molecule has 0 radical (unpaired) electrons. The lowest BCUT2D eigenvalue weighted by atomic mass is 9.92. The fraction of sp³-hybridized carbons (Fsp3) is 0.429. The van der Waals surface area contributed by atoms with E-state index in [0.29, 0.717) is 24.5 Å². The average Bonchev–Trinajstić information content (AvgIpc) is 4.16. The number of amides is 4. The van der Waals surface area contributed by atoms with Crippen molar-refractivity contribution >= 4 is 40.7 Å². The fourth-order valence-corrected chi connectivity index (χ4v) is 9.39.